The predicted octanol–water partition coefficient (Wildman–Crippen LogP) is 4.67. The van der Waals surface area contributed by atoms with Crippen molar-refractivity contribution in [3.05, 3.63) is 65.3 Å². The van der Waals surface area contributed by atoms with Gasteiger partial charge in [-0.25, -0.2) is 9.18 Å². The maximum Gasteiger partial charge on any atom is 0.318 e. The highest BCUT2D eigenvalue weighted by atomic mass is 19.1. The van der Waals surface area contributed by atoms with E-state index < -0.39 is 141 Å². The molecule has 2 aromatic rings. The molecule has 0 atom stereocenters. The second-order valence-corrected chi connectivity index (χ2v) is 6.73. The van der Waals surface area contributed by atoms with E-state index >= 15 is 0 Å². The fraction of sp³-hybridized carbons (Fsp3) is 0.480. The summed E-state index contributed by atoms with van der Waals surface area (Å²) in [5.74, 6) is -3.16. The minimum absolute atomic E-state index is 0.0711. The largest absolute Gasteiger partial charge is 0.493 e. The molecule has 0 bridgehead atoms. The van der Waals surface area contributed by atoms with E-state index in [-0.39, 0.29) is 9.80 Å². The van der Waals surface area contributed by atoms with Crippen LogP contribution in [-0.2, 0) is 13.0 Å². The quantitative estimate of drug-likeness (QED) is 0.641. The van der Waals surface area contributed by atoms with Crippen molar-refractivity contribution in [2.75, 3.05) is 26.5 Å². The molecule has 2 amide bonds. The van der Waals surface area contributed by atoms with Crippen LogP contribution in [0.2, 0.25) is 0 Å². The van der Waals surface area contributed by atoms with E-state index in [0.29, 0.717) is 0 Å². The first-order valence-electron chi connectivity index (χ1n) is 18.9. The highest BCUT2D eigenvalue weighted by molar-refractivity contribution is 5.74. The first-order chi connectivity index (χ1) is 22.4. The molecule has 1 saturated heterocycles. The molecular formula is C25H34FN3O2. The monoisotopic (exact) mass is 446 g/mol. The Morgan fingerprint density at radius 2 is 1.90 bits per heavy atom. The number of rotatable bonds is 8. The molecule has 0 radical (unpaired) electrons. The molecule has 0 unspecified atom stereocenters. The van der Waals surface area contributed by atoms with Crippen molar-refractivity contribution in [1.82, 2.24) is 15.1 Å². The summed E-state index contributed by atoms with van der Waals surface area (Å²) in [6.07, 6.45) is -2.15. The van der Waals surface area contributed by atoms with E-state index in [2.05, 4.69) is 5.32 Å². The first kappa shape index (κ1) is 8.74. The normalized spacial score (nSPS) is 28.6. The second-order valence-electron chi connectivity index (χ2n) is 6.73. The van der Waals surface area contributed by atoms with E-state index in [9.17, 15) is 9.18 Å². The number of hydrogen-bond donors (Lipinski definition) is 1. The van der Waals surface area contributed by atoms with Crippen molar-refractivity contribution in [3.8, 4) is 5.75 Å². The van der Waals surface area contributed by atoms with E-state index in [1.807, 2.05) is 0 Å². The molecule has 0 aliphatic carbocycles. The molecule has 1 heterocycles. The van der Waals surface area contributed by atoms with Gasteiger partial charge in [-0.2, -0.15) is 0 Å². The van der Waals surface area contributed by atoms with Gasteiger partial charge in [0.1, 0.15) is 11.6 Å². The molecule has 1 aliphatic heterocycles. The van der Waals surface area contributed by atoms with Crippen LogP contribution in [0.4, 0.5) is 9.18 Å². The molecule has 3 rings (SSSR count). The number of carbonyl (C=O) groups is 1. The van der Waals surface area contributed by atoms with Gasteiger partial charge in [0.15, 0.2) is 0 Å². The van der Waals surface area contributed by atoms with Gasteiger partial charge in [-0.15, -0.1) is 0 Å². The molecule has 0 aromatic heterocycles. The Morgan fingerprint density at radius 3 is 2.52 bits per heavy atom. The third-order valence-electron chi connectivity index (χ3n) is 3.85. The minimum atomic E-state index is -3.52. The van der Waals surface area contributed by atoms with Gasteiger partial charge < -0.3 is 19.9 Å². The summed E-state index contributed by atoms with van der Waals surface area (Å²) in [6, 6.07) is -12.0. The molecule has 1 N–H and O–H groups in total. The van der Waals surface area contributed by atoms with Crippen LogP contribution in [-0.4, -0.2) is 48.4 Å². The lowest BCUT2D eigenvalue weighted by atomic mass is 10.0. The van der Waals surface area contributed by atoms with Crippen LogP contribution in [0.1, 0.15) is 63.9 Å². The average Bonchev–Trinajstić information content (AvgIpc) is 2.93. The summed E-state index contributed by atoms with van der Waals surface area (Å²) in [6.45, 7) is -13.5. The van der Waals surface area contributed by atoms with Crippen molar-refractivity contribution in [2.45, 2.75) is 45.8 Å². The number of halogens is 1. The molecule has 31 heavy (non-hydrogen) atoms. The Kier molecular flexibility index (Phi) is 3.14. The number of likely N-dealkylation sites (tertiary alicyclic amines) is 1. The van der Waals surface area contributed by atoms with Crippen molar-refractivity contribution in [1.29, 1.82) is 0 Å². The van der Waals surface area contributed by atoms with Gasteiger partial charge in [0.2, 0.25) is 0 Å². The zero-order chi connectivity index (χ0) is 38.9. The molecule has 1 aliphatic rings. The lowest BCUT2D eigenvalue weighted by Gasteiger charge is -2.37. The third kappa shape index (κ3) is 7.24. The van der Waals surface area contributed by atoms with Crippen LogP contribution in [0, 0.1) is 11.7 Å². The number of benzene rings is 2. The van der Waals surface area contributed by atoms with Crippen LogP contribution >= 0.6 is 0 Å². The number of ether oxygens (including phenoxy) is 1. The number of hydrogen-bond acceptors (Lipinski definition) is 3. The zero-order valence-electron chi connectivity index (χ0n) is 35.9. The van der Waals surface area contributed by atoms with Crippen molar-refractivity contribution < 1.29 is 40.0 Å². The van der Waals surface area contributed by atoms with E-state index in [1.54, 1.807) is 0 Å². The van der Waals surface area contributed by atoms with E-state index in [4.69, 9.17) is 30.8 Å². The molecule has 2 aromatic carbocycles. The van der Waals surface area contributed by atoms with Gasteiger partial charge in [0.05, 0.1) is 23.0 Å². The summed E-state index contributed by atoms with van der Waals surface area (Å²) < 4.78 is 175. The van der Waals surface area contributed by atoms with Crippen LogP contribution in [0.25, 0.3) is 0 Å². The van der Waals surface area contributed by atoms with Gasteiger partial charge in [0.25, 0.3) is 0 Å². The Morgan fingerprint density at radius 1 is 1.26 bits per heavy atom. The third-order valence-corrected chi connectivity index (χ3v) is 3.85. The summed E-state index contributed by atoms with van der Waals surface area (Å²) in [7, 11) is 0. The van der Waals surface area contributed by atoms with Crippen LogP contribution < -0.4 is 10.1 Å². The SMILES string of the molecule is [2H]c1c([2H])c(C([2H])([2H])N(C(=O)NCc2c([2H])c([2H])c(OC([2H])([2H])C(C)C)c([2H])c2[2H])C2CC([2H])([2H])N(C([2H])([2H])[2H])C([2H])([2H])C2)c([2H])c([2H])c1F. The van der Waals surface area contributed by atoms with Gasteiger partial charge in [-0.3, -0.25) is 0 Å². The van der Waals surface area contributed by atoms with Crippen LogP contribution in [0.5, 0.6) is 5.75 Å². The number of amides is 2. The molecule has 1 fully saturated rings. The van der Waals surface area contributed by atoms with Crippen LogP contribution in [0.3, 0.4) is 0 Å². The van der Waals surface area contributed by atoms with E-state index in [1.165, 1.54) is 13.8 Å². The van der Waals surface area contributed by atoms with Gasteiger partial charge in [-0.05, 0) is 74.0 Å². The fourth-order valence-electron chi connectivity index (χ4n) is 2.38. The number of carbonyl (C=O) groups excluding carboxylic acids is 1. The fourth-order valence-corrected chi connectivity index (χ4v) is 2.38. The molecule has 6 heteroatoms. The highest BCUT2D eigenvalue weighted by Crippen LogP contribution is 2.19. The second kappa shape index (κ2) is 11.1. The maximum atomic E-state index is 14.4. The number of piperidine rings is 1. The van der Waals surface area contributed by atoms with Crippen molar-refractivity contribution >= 4 is 6.03 Å². The number of nitrogens with one attached hydrogen (secondary N) is 1. The molecule has 5 nitrogen and oxygen atoms in total. The summed E-state index contributed by atoms with van der Waals surface area (Å²) in [5, 5.41) is 2.14. The Labute approximate surface area is 211 Å². The van der Waals surface area contributed by atoms with Gasteiger partial charge in [0, 0.05) is 28.7 Å². The molecule has 0 saturated carbocycles. The summed E-state index contributed by atoms with van der Waals surface area (Å²) >= 11 is 0. The Balaban J connectivity index is 2.18. The first-order valence-corrected chi connectivity index (χ1v) is 9.35. The Bertz CT molecular complexity index is 1590. The average molecular weight is 447 g/mol. The number of urea groups is 1. The predicted molar refractivity (Wildman–Crippen MR) is 121 cm³/mol. The summed E-state index contributed by atoms with van der Waals surface area (Å²) in [5.41, 5.74) is -1.71. The van der Waals surface area contributed by atoms with E-state index in [0.717, 1.165) is 0 Å². The molecular weight excluding hydrogens is 393 g/mol. The highest BCUT2D eigenvalue weighted by Gasteiger charge is 2.27. The van der Waals surface area contributed by atoms with Gasteiger partial charge in [-0.1, -0.05) is 38.0 Å². The van der Waals surface area contributed by atoms with Crippen LogP contribution in [0.15, 0.2) is 48.3 Å². The standard InChI is InChI=1S/C25H34FN3O2/c1-19(2)18-31-24-10-6-20(7-11-24)16-27-25(30)29(23-12-14-28(3)15-13-23)17-21-4-8-22(26)9-5-21/h4-11,19,23H,12-18H2,1-3H3,(H,27,30)/i3D3,4D,5D,6D,7D,8D,9D,10D,11D,14D2,15D2,17D2,18D2. The van der Waals surface area contributed by atoms with Crippen molar-refractivity contribution in [2.24, 2.45) is 5.92 Å². The molecule has 168 valence electrons. The number of nitrogens with zero attached hydrogens (tertiary/aromatic N) is 2. The Hall–Kier alpha value is -2.60. The zero-order valence-corrected chi connectivity index (χ0v) is 16.9. The van der Waals surface area contributed by atoms with Gasteiger partial charge >= 0.3 is 6.03 Å². The minimum Gasteiger partial charge on any atom is -0.493 e. The lowest BCUT2D eigenvalue weighted by Crippen LogP contribution is -2.49. The maximum absolute atomic E-state index is 14.4. The topological polar surface area (TPSA) is 44.8 Å². The summed E-state index contributed by atoms with van der Waals surface area (Å²) in [4.78, 5) is 14.0. The molecule has 0 spiro atoms. The van der Waals surface area contributed by atoms with Crippen molar-refractivity contribution in [3.63, 3.8) is 0 Å². The lowest BCUT2D eigenvalue weighted by molar-refractivity contribution is 0.127. The smallest absolute Gasteiger partial charge is 0.318 e.